The van der Waals surface area contributed by atoms with Gasteiger partial charge in [0.05, 0.1) is 17.0 Å². The van der Waals surface area contributed by atoms with Crippen LogP contribution in [-0.2, 0) is 0 Å². The summed E-state index contributed by atoms with van der Waals surface area (Å²) in [5.41, 5.74) is 14.3. The fraction of sp³-hybridized carbons (Fsp3) is 0. The van der Waals surface area contributed by atoms with Crippen LogP contribution in [-0.4, -0.2) is 9.97 Å². The highest BCUT2D eigenvalue weighted by atomic mass is 16.3. The molecular formula is C52H32N2O2. The van der Waals surface area contributed by atoms with E-state index < -0.39 is 0 Å². The predicted molar refractivity (Wildman–Crippen MR) is 229 cm³/mol. The zero-order chi connectivity index (χ0) is 37.0. The van der Waals surface area contributed by atoms with Crippen LogP contribution in [0.25, 0.3) is 111 Å². The van der Waals surface area contributed by atoms with Gasteiger partial charge in [0.25, 0.3) is 0 Å². The first kappa shape index (κ1) is 31.9. The molecule has 0 bridgehead atoms. The zero-order valence-electron chi connectivity index (χ0n) is 30.2. The maximum absolute atomic E-state index is 6.83. The van der Waals surface area contributed by atoms with E-state index in [0.717, 1.165) is 105 Å². The number of hydrogen-bond donors (Lipinski definition) is 0. The fourth-order valence-electron chi connectivity index (χ4n) is 7.93. The van der Waals surface area contributed by atoms with Gasteiger partial charge in [0, 0.05) is 38.2 Å². The minimum atomic E-state index is 0.643. The van der Waals surface area contributed by atoms with Crippen LogP contribution in [0.5, 0.6) is 0 Å². The summed E-state index contributed by atoms with van der Waals surface area (Å²) in [6, 6.07) is 67.2. The third-order valence-electron chi connectivity index (χ3n) is 10.7. The van der Waals surface area contributed by atoms with Crippen molar-refractivity contribution in [2.45, 2.75) is 0 Å². The lowest BCUT2D eigenvalue weighted by atomic mass is 9.95. The smallest absolute Gasteiger partial charge is 0.160 e. The van der Waals surface area contributed by atoms with Crippen LogP contribution in [0.2, 0.25) is 0 Å². The van der Waals surface area contributed by atoms with Crippen LogP contribution in [0.4, 0.5) is 0 Å². The number of aromatic nitrogens is 2. The van der Waals surface area contributed by atoms with Crippen molar-refractivity contribution in [1.82, 2.24) is 9.97 Å². The maximum atomic E-state index is 6.83. The molecule has 0 saturated heterocycles. The second-order valence-corrected chi connectivity index (χ2v) is 14.1. The van der Waals surface area contributed by atoms with E-state index in [-0.39, 0.29) is 0 Å². The first-order valence-corrected chi connectivity index (χ1v) is 18.8. The summed E-state index contributed by atoms with van der Waals surface area (Å²) in [6.45, 7) is 0. The average molecular weight is 717 g/mol. The highest BCUT2D eigenvalue weighted by Gasteiger charge is 2.23. The van der Waals surface area contributed by atoms with E-state index in [1.165, 1.54) is 0 Å². The first-order chi connectivity index (χ1) is 27.7. The maximum Gasteiger partial charge on any atom is 0.160 e. The Morgan fingerprint density at radius 2 is 0.714 bits per heavy atom. The van der Waals surface area contributed by atoms with E-state index in [0.29, 0.717) is 5.82 Å². The van der Waals surface area contributed by atoms with E-state index in [9.17, 15) is 0 Å². The van der Waals surface area contributed by atoms with Gasteiger partial charge in [-0.25, -0.2) is 9.97 Å². The van der Waals surface area contributed by atoms with Crippen molar-refractivity contribution < 1.29 is 8.83 Å². The molecule has 0 N–H and O–H groups in total. The molecule has 0 atom stereocenters. The van der Waals surface area contributed by atoms with Gasteiger partial charge in [-0.3, -0.25) is 0 Å². The van der Waals surface area contributed by atoms with Crippen LogP contribution in [0, 0.1) is 0 Å². The van der Waals surface area contributed by atoms with Crippen molar-refractivity contribution in [3.05, 3.63) is 194 Å². The molecule has 0 radical (unpaired) electrons. The van der Waals surface area contributed by atoms with E-state index in [1.807, 2.05) is 48.5 Å². The molecule has 0 unspecified atom stereocenters. The summed E-state index contributed by atoms with van der Waals surface area (Å²) in [7, 11) is 0. The molecule has 11 rings (SSSR count). The molecule has 0 aliphatic heterocycles. The van der Waals surface area contributed by atoms with Gasteiger partial charge in [0.15, 0.2) is 5.82 Å². The lowest BCUT2D eigenvalue weighted by Gasteiger charge is -2.11. The Morgan fingerprint density at radius 1 is 0.286 bits per heavy atom. The molecule has 0 aliphatic carbocycles. The molecule has 0 spiro atoms. The van der Waals surface area contributed by atoms with Crippen LogP contribution >= 0.6 is 0 Å². The number of furan rings is 2. The molecule has 11 aromatic rings. The molecule has 3 aromatic heterocycles. The third kappa shape index (κ3) is 5.47. The van der Waals surface area contributed by atoms with E-state index in [2.05, 4.69) is 146 Å². The third-order valence-corrected chi connectivity index (χ3v) is 10.7. The van der Waals surface area contributed by atoms with Crippen molar-refractivity contribution in [2.75, 3.05) is 0 Å². The second kappa shape index (κ2) is 13.1. The SMILES string of the molecule is c1ccc(-c2ccc3oc4c(-c5cccc(-c6nc(-c7ccccc7)cc(-c7ccccc7)n6)c5)c5oc6ccc(-c7ccccc7)cc6c5cc4c3c2)cc1. The number of nitrogens with zero attached hydrogens (tertiary/aromatic N) is 2. The molecular weight excluding hydrogens is 685 g/mol. The summed E-state index contributed by atoms with van der Waals surface area (Å²) in [4.78, 5) is 10.3. The molecule has 3 heterocycles. The van der Waals surface area contributed by atoms with Gasteiger partial charge >= 0.3 is 0 Å². The summed E-state index contributed by atoms with van der Waals surface area (Å²) >= 11 is 0. The Hall–Kier alpha value is -7.56. The van der Waals surface area contributed by atoms with Crippen LogP contribution in [0.1, 0.15) is 0 Å². The van der Waals surface area contributed by atoms with Crippen LogP contribution in [0.3, 0.4) is 0 Å². The minimum Gasteiger partial charge on any atom is -0.455 e. The minimum absolute atomic E-state index is 0.643. The lowest BCUT2D eigenvalue weighted by molar-refractivity contribution is 0.658. The van der Waals surface area contributed by atoms with Crippen molar-refractivity contribution in [2.24, 2.45) is 0 Å². The fourth-order valence-corrected chi connectivity index (χ4v) is 7.93. The Labute approximate surface area is 323 Å². The van der Waals surface area contributed by atoms with Crippen molar-refractivity contribution >= 4 is 43.9 Å². The highest BCUT2D eigenvalue weighted by molar-refractivity contribution is 6.22. The summed E-state index contributed by atoms with van der Waals surface area (Å²) in [5, 5.41) is 4.18. The van der Waals surface area contributed by atoms with E-state index in [1.54, 1.807) is 0 Å². The zero-order valence-corrected chi connectivity index (χ0v) is 30.2. The largest absolute Gasteiger partial charge is 0.455 e. The molecule has 0 amide bonds. The normalized spacial score (nSPS) is 11.6. The monoisotopic (exact) mass is 716 g/mol. The van der Waals surface area contributed by atoms with Gasteiger partial charge in [-0.2, -0.15) is 0 Å². The standard InChI is InChI=1S/C52H32N2O2/c1-5-14-33(15-6-1)37-24-26-47-41(29-37)43-31-44-42-30-38(34-16-7-2-8-17-34)25-27-48(42)56-51(44)49(50(43)55-47)39-22-13-23-40(28-39)52-53-45(35-18-9-3-10-19-35)32-46(54-52)36-20-11-4-12-21-36/h1-32H. The number of fused-ring (bicyclic) bond motifs is 6. The Bertz CT molecular complexity index is 3030. The number of benzene rings is 8. The van der Waals surface area contributed by atoms with Gasteiger partial charge < -0.3 is 8.83 Å². The summed E-state index contributed by atoms with van der Waals surface area (Å²) in [6.07, 6.45) is 0. The molecule has 0 saturated carbocycles. The number of hydrogen-bond acceptors (Lipinski definition) is 4. The topological polar surface area (TPSA) is 52.1 Å². The molecule has 4 nitrogen and oxygen atoms in total. The quantitative estimate of drug-likeness (QED) is 0.172. The molecule has 262 valence electrons. The first-order valence-electron chi connectivity index (χ1n) is 18.8. The van der Waals surface area contributed by atoms with Crippen LogP contribution in [0.15, 0.2) is 203 Å². The Balaban J connectivity index is 1.16. The van der Waals surface area contributed by atoms with E-state index >= 15 is 0 Å². The predicted octanol–water partition coefficient (Wildman–Crippen LogP) is 14.3. The van der Waals surface area contributed by atoms with Crippen molar-refractivity contribution in [1.29, 1.82) is 0 Å². The van der Waals surface area contributed by atoms with Gasteiger partial charge in [0.2, 0.25) is 0 Å². The number of rotatable bonds is 6. The molecule has 4 heteroatoms. The van der Waals surface area contributed by atoms with Gasteiger partial charge in [0.1, 0.15) is 22.3 Å². The highest BCUT2D eigenvalue weighted by Crippen LogP contribution is 2.46. The van der Waals surface area contributed by atoms with Gasteiger partial charge in [-0.05, 0) is 70.3 Å². The average Bonchev–Trinajstić information content (AvgIpc) is 3.83. The summed E-state index contributed by atoms with van der Waals surface area (Å²) in [5.74, 6) is 0.643. The molecule has 0 fully saturated rings. The Morgan fingerprint density at radius 3 is 1.20 bits per heavy atom. The van der Waals surface area contributed by atoms with Crippen molar-refractivity contribution in [3.63, 3.8) is 0 Å². The van der Waals surface area contributed by atoms with Crippen molar-refractivity contribution in [3.8, 4) is 67.3 Å². The summed E-state index contributed by atoms with van der Waals surface area (Å²) < 4.78 is 13.7. The van der Waals surface area contributed by atoms with Crippen LogP contribution < -0.4 is 0 Å². The van der Waals surface area contributed by atoms with Gasteiger partial charge in [-0.1, -0.05) is 152 Å². The van der Waals surface area contributed by atoms with E-state index in [4.69, 9.17) is 18.8 Å². The van der Waals surface area contributed by atoms with Gasteiger partial charge in [-0.15, -0.1) is 0 Å². The second-order valence-electron chi connectivity index (χ2n) is 14.1. The molecule has 56 heavy (non-hydrogen) atoms. The molecule has 0 aliphatic rings. The molecule has 8 aromatic carbocycles. The Kier molecular flexibility index (Phi) is 7.46. The lowest BCUT2D eigenvalue weighted by Crippen LogP contribution is -1.96.